The molecule has 0 aromatic heterocycles. The molecular weight excluding hydrogens is 412 g/mol. The average Bonchev–Trinajstić information content (AvgIpc) is 2.49. The summed E-state index contributed by atoms with van der Waals surface area (Å²) in [5, 5.41) is 0.900. The zero-order valence-corrected chi connectivity index (χ0v) is 17.1. The van der Waals surface area contributed by atoms with E-state index in [1.807, 2.05) is 0 Å². The minimum absolute atomic E-state index is 0.0750. The summed E-state index contributed by atoms with van der Waals surface area (Å²) in [5.74, 6) is -0.731. The van der Waals surface area contributed by atoms with Crippen LogP contribution in [0.2, 0.25) is 0 Å². The number of hydrogen-bond acceptors (Lipinski definition) is 6. The Morgan fingerprint density at radius 3 is 2.28 bits per heavy atom. The summed E-state index contributed by atoms with van der Waals surface area (Å²) >= 11 is 3.25. The third kappa shape index (κ3) is 8.13. The van der Waals surface area contributed by atoms with Crippen molar-refractivity contribution in [2.24, 2.45) is 0 Å². The molecule has 140 valence electrons. The number of methoxy groups -OCH3 is 1. The van der Waals surface area contributed by atoms with Gasteiger partial charge >= 0.3 is 5.97 Å². The molecule has 0 unspecified atom stereocenters. The second-order valence-corrected chi connectivity index (χ2v) is 8.90. The Hall–Kier alpha value is -1.22. The number of sulfone groups is 1. The van der Waals surface area contributed by atoms with Gasteiger partial charge in [0.2, 0.25) is 0 Å². The van der Waals surface area contributed by atoms with Crippen molar-refractivity contribution in [3.05, 3.63) is 39.7 Å². The minimum Gasteiger partial charge on any atom is -0.457 e. The van der Waals surface area contributed by atoms with Crippen LogP contribution in [0, 0.1) is 0 Å². The van der Waals surface area contributed by atoms with E-state index in [0.717, 1.165) is 9.88 Å². The fourth-order valence-corrected chi connectivity index (χ4v) is 3.14. The molecule has 0 radical (unpaired) electrons. The molecule has 0 heterocycles. The predicted molar refractivity (Wildman–Crippen MR) is 98.0 cm³/mol. The van der Waals surface area contributed by atoms with E-state index in [0.29, 0.717) is 6.61 Å². The molecule has 1 aromatic carbocycles. The quantitative estimate of drug-likeness (QED) is 0.355. The smallest absolute Gasteiger partial charge is 0.337 e. The van der Waals surface area contributed by atoms with E-state index in [4.69, 9.17) is 14.2 Å². The summed E-state index contributed by atoms with van der Waals surface area (Å²) in [6.07, 6.45) is 0. The van der Waals surface area contributed by atoms with Gasteiger partial charge in [-0.3, -0.25) is 0 Å². The summed E-state index contributed by atoms with van der Waals surface area (Å²) in [7, 11) is -2.29. The van der Waals surface area contributed by atoms with Gasteiger partial charge in [-0.15, -0.1) is 0 Å². The third-order valence-corrected chi connectivity index (χ3v) is 4.84. The van der Waals surface area contributed by atoms with E-state index >= 15 is 0 Å². The van der Waals surface area contributed by atoms with E-state index < -0.39 is 21.4 Å². The lowest BCUT2D eigenvalue weighted by Gasteiger charge is -2.20. The zero-order chi connectivity index (χ0) is 19.1. The standard InChI is InChI=1S/C17H23BrO6S/c1-17(2,3)24-16(19)13(11-23-10-9-22-4)12-25(20,21)15-7-5-14(18)6-8-15/h5-8,12H,9-11H2,1-4H3/b13-12-. The van der Waals surface area contributed by atoms with Crippen LogP contribution in [0.25, 0.3) is 0 Å². The normalized spacial score (nSPS) is 12.9. The Morgan fingerprint density at radius 1 is 1.16 bits per heavy atom. The van der Waals surface area contributed by atoms with Gasteiger partial charge in [0.25, 0.3) is 0 Å². The van der Waals surface area contributed by atoms with Crippen LogP contribution in [0.5, 0.6) is 0 Å². The Labute approximate surface area is 157 Å². The highest BCUT2D eigenvalue weighted by Gasteiger charge is 2.23. The number of halogens is 1. The molecule has 1 rings (SSSR count). The van der Waals surface area contributed by atoms with Crippen molar-refractivity contribution in [1.82, 2.24) is 0 Å². The van der Waals surface area contributed by atoms with Crippen molar-refractivity contribution in [3.63, 3.8) is 0 Å². The first-order chi connectivity index (χ1) is 11.5. The molecule has 0 fully saturated rings. The van der Waals surface area contributed by atoms with Crippen LogP contribution in [0.4, 0.5) is 0 Å². The number of benzene rings is 1. The minimum atomic E-state index is -3.81. The monoisotopic (exact) mass is 434 g/mol. The summed E-state index contributed by atoms with van der Waals surface area (Å²) in [6, 6.07) is 6.13. The van der Waals surface area contributed by atoms with Gasteiger partial charge in [-0.1, -0.05) is 15.9 Å². The van der Waals surface area contributed by atoms with Crippen LogP contribution in [-0.2, 0) is 28.8 Å². The molecule has 0 saturated carbocycles. The van der Waals surface area contributed by atoms with Crippen LogP contribution in [0.15, 0.2) is 44.6 Å². The lowest BCUT2D eigenvalue weighted by atomic mass is 10.2. The van der Waals surface area contributed by atoms with E-state index in [1.165, 1.54) is 19.2 Å². The van der Waals surface area contributed by atoms with Gasteiger partial charge in [-0.2, -0.15) is 0 Å². The van der Waals surface area contributed by atoms with Crippen LogP contribution in [0.3, 0.4) is 0 Å². The Kier molecular flexibility index (Phi) is 8.27. The van der Waals surface area contributed by atoms with Crippen LogP contribution >= 0.6 is 15.9 Å². The van der Waals surface area contributed by atoms with E-state index in [1.54, 1.807) is 32.9 Å². The zero-order valence-electron chi connectivity index (χ0n) is 14.7. The molecule has 0 bridgehead atoms. The number of hydrogen-bond donors (Lipinski definition) is 0. The molecule has 25 heavy (non-hydrogen) atoms. The SMILES string of the molecule is COCCOC/C(=C/S(=O)(=O)c1ccc(Br)cc1)C(=O)OC(C)(C)C. The number of carbonyl (C=O) groups excluding carboxylic acids is 1. The molecule has 0 aliphatic heterocycles. The van der Waals surface area contributed by atoms with Gasteiger partial charge in [0.05, 0.1) is 30.3 Å². The molecule has 0 saturated heterocycles. The summed E-state index contributed by atoms with van der Waals surface area (Å²) in [6.45, 7) is 5.50. The summed E-state index contributed by atoms with van der Waals surface area (Å²) in [4.78, 5) is 12.4. The van der Waals surface area contributed by atoms with Gasteiger partial charge in [0.1, 0.15) is 5.60 Å². The number of carbonyl (C=O) groups is 1. The number of rotatable bonds is 8. The second kappa shape index (κ2) is 9.47. The highest BCUT2D eigenvalue weighted by molar-refractivity contribution is 9.10. The third-order valence-electron chi connectivity index (χ3n) is 2.79. The van der Waals surface area contributed by atoms with Crippen molar-refractivity contribution in [1.29, 1.82) is 0 Å². The average molecular weight is 435 g/mol. The van der Waals surface area contributed by atoms with Crippen molar-refractivity contribution in [2.45, 2.75) is 31.3 Å². The number of ether oxygens (including phenoxy) is 3. The largest absolute Gasteiger partial charge is 0.457 e. The lowest BCUT2D eigenvalue weighted by Crippen LogP contribution is -2.26. The van der Waals surface area contributed by atoms with E-state index in [2.05, 4.69) is 15.9 Å². The maximum absolute atomic E-state index is 12.5. The molecule has 0 spiro atoms. The second-order valence-electron chi connectivity index (χ2n) is 6.19. The van der Waals surface area contributed by atoms with Crippen molar-refractivity contribution < 1.29 is 27.4 Å². The van der Waals surface area contributed by atoms with Crippen LogP contribution < -0.4 is 0 Å². The highest BCUT2D eigenvalue weighted by atomic mass is 79.9. The van der Waals surface area contributed by atoms with Gasteiger partial charge in [-0.25, -0.2) is 13.2 Å². The van der Waals surface area contributed by atoms with Gasteiger partial charge in [-0.05, 0) is 45.0 Å². The first-order valence-electron chi connectivity index (χ1n) is 7.56. The fraction of sp³-hybridized carbons (Fsp3) is 0.471. The van der Waals surface area contributed by atoms with Crippen LogP contribution in [0.1, 0.15) is 20.8 Å². The van der Waals surface area contributed by atoms with Gasteiger partial charge in [0.15, 0.2) is 9.84 Å². The summed E-state index contributed by atoms with van der Waals surface area (Å²) in [5.41, 5.74) is -0.821. The topological polar surface area (TPSA) is 78.9 Å². The number of esters is 1. The Bertz CT molecular complexity index is 702. The maximum atomic E-state index is 12.5. The molecule has 0 atom stereocenters. The molecular formula is C17H23BrO6S. The molecule has 0 aliphatic rings. The predicted octanol–water partition coefficient (Wildman–Crippen LogP) is 3.11. The first-order valence-corrected chi connectivity index (χ1v) is 9.90. The molecule has 0 aliphatic carbocycles. The molecule has 0 N–H and O–H groups in total. The van der Waals surface area contributed by atoms with Gasteiger partial charge < -0.3 is 14.2 Å². The van der Waals surface area contributed by atoms with Gasteiger partial charge in [0, 0.05) is 17.0 Å². The lowest BCUT2D eigenvalue weighted by molar-refractivity contribution is -0.150. The van der Waals surface area contributed by atoms with Crippen LogP contribution in [-0.4, -0.2) is 46.9 Å². The van der Waals surface area contributed by atoms with Crippen molar-refractivity contribution in [3.8, 4) is 0 Å². The first kappa shape index (κ1) is 21.8. The molecule has 8 heteroatoms. The molecule has 0 amide bonds. The van der Waals surface area contributed by atoms with Crippen molar-refractivity contribution in [2.75, 3.05) is 26.9 Å². The molecule has 1 aromatic rings. The van der Waals surface area contributed by atoms with Crippen molar-refractivity contribution >= 4 is 31.7 Å². The fourth-order valence-electron chi connectivity index (χ4n) is 1.69. The maximum Gasteiger partial charge on any atom is 0.337 e. The Morgan fingerprint density at radius 2 is 1.76 bits per heavy atom. The molecule has 6 nitrogen and oxygen atoms in total. The Balaban J connectivity index is 3.08. The van der Waals surface area contributed by atoms with E-state index in [-0.39, 0.29) is 23.7 Å². The summed E-state index contributed by atoms with van der Waals surface area (Å²) < 4.78 is 41.3. The highest BCUT2D eigenvalue weighted by Crippen LogP contribution is 2.19. The van der Waals surface area contributed by atoms with E-state index in [9.17, 15) is 13.2 Å².